The van der Waals surface area contributed by atoms with Crippen molar-refractivity contribution in [2.24, 2.45) is 0 Å². The summed E-state index contributed by atoms with van der Waals surface area (Å²) in [6.07, 6.45) is 2.99. The van der Waals surface area contributed by atoms with Gasteiger partial charge in [0.1, 0.15) is 5.82 Å². The van der Waals surface area contributed by atoms with Gasteiger partial charge >= 0.3 is 0 Å². The maximum absolute atomic E-state index is 11.4. The number of nitrogens with zero attached hydrogens (tertiary/aromatic N) is 4. The van der Waals surface area contributed by atoms with Crippen LogP contribution in [-0.2, 0) is 35.0 Å². The summed E-state index contributed by atoms with van der Waals surface area (Å²) in [5.74, 6) is 0.691. The maximum atomic E-state index is 11.4. The molecule has 0 spiro atoms. The van der Waals surface area contributed by atoms with Crippen molar-refractivity contribution in [1.82, 2.24) is 19.3 Å². The van der Waals surface area contributed by atoms with E-state index in [0.29, 0.717) is 18.8 Å². The number of rotatable bonds is 6. The maximum Gasteiger partial charge on any atom is 0.280 e. The molecule has 0 fully saturated rings. The molecule has 2 heterocycles. The van der Waals surface area contributed by atoms with Crippen molar-refractivity contribution in [3.8, 4) is 0 Å². The van der Waals surface area contributed by atoms with Crippen LogP contribution in [0.2, 0.25) is 0 Å². The standard InChI is InChI=1S/C13H19ClN4O2S/c1-4-10-7-11(18(6-3)16-10)8-17-9-13(21(14,19)20)15-12(17)5-2/h7,9H,4-6,8H2,1-3H3. The lowest BCUT2D eigenvalue weighted by molar-refractivity contribution is 0.587. The first-order valence-electron chi connectivity index (χ1n) is 6.95. The summed E-state index contributed by atoms with van der Waals surface area (Å²) in [6, 6.07) is 2.04. The van der Waals surface area contributed by atoms with Gasteiger partial charge in [-0.3, -0.25) is 4.68 Å². The molecule has 2 aromatic rings. The summed E-state index contributed by atoms with van der Waals surface area (Å²) < 4.78 is 26.6. The van der Waals surface area contributed by atoms with Gasteiger partial charge < -0.3 is 4.57 Å². The van der Waals surface area contributed by atoms with Crippen LogP contribution in [0.25, 0.3) is 0 Å². The van der Waals surface area contributed by atoms with E-state index in [1.54, 1.807) is 0 Å². The Balaban J connectivity index is 2.39. The number of aryl methyl sites for hydroxylation is 3. The van der Waals surface area contributed by atoms with Crippen LogP contribution in [0.5, 0.6) is 0 Å². The quantitative estimate of drug-likeness (QED) is 0.761. The number of hydrogen-bond donors (Lipinski definition) is 0. The lowest BCUT2D eigenvalue weighted by atomic mass is 10.3. The Hall–Kier alpha value is -1.34. The van der Waals surface area contributed by atoms with Gasteiger partial charge in [0.25, 0.3) is 9.05 Å². The zero-order valence-corrected chi connectivity index (χ0v) is 13.9. The molecule has 0 amide bonds. The third-order valence-corrected chi connectivity index (χ3v) is 4.48. The van der Waals surface area contributed by atoms with Gasteiger partial charge in [-0.05, 0) is 19.4 Å². The fourth-order valence-corrected chi connectivity index (χ4v) is 2.92. The van der Waals surface area contributed by atoms with Gasteiger partial charge in [0.15, 0.2) is 5.03 Å². The first-order valence-corrected chi connectivity index (χ1v) is 9.26. The minimum absolute atomic E-state index is 0.0979. The SMILES string of the molecule is CCc1cc(Cn2cc(S(=O)(=O)Cl)nc2CC)n(CC)n1. The van der Waals surface area contributed by atoms with Gasteiger partial charge in [-0.2, -0.15) is 5.10 Å². The Bertz CT molecular complexity index is 733. The van der Waals surface area contributed by atoms with E-state index in [1.807, 2.05) is 29.2 Å². The molecule has 0 saturated heterocycles. The average molecular weight is 331 g/mol. The van der Waals surface area contributed by atoms with E-state index in [1.165, 1.54) is 6.20 Å². The molecule has 0 aliphatic rings. The third kappa shape index (κ3) is 3.47. The Labute approximate surface area is 129 Å². The molecule has 0 aliphatic heterocycles. The second-order valence-corrected chi connectivity index (χ2v) is 7.22. The molecule has 2 aromatic heterocycles. The molecule has 0 aliphatic carbocycles. The summed E-state index contributed by atoms with van der Waals surface area (Å²) in [4.78, 5) is 4.09. The highest BCUT2D eigenvalue weighted by atomic mass is 35.7. The monoisotopic (exact) mass is 330 g/mol. The fraction of sp³-hybridized carbons (Fsp3) is 0.538. The van der Waals surface area contributed by atoms with Crippen LogP contribution in [0.3, 0.4) is 0 Å². The molecule has 21 heavy (non-hydrogen) atoms. The predicted molar refractivity (Wildman–Crippen MR) is 81.0 cm³/mol. The summed E-state index contributed by atoms with van der Waals surface area (Å²) in [6.45, 7) is 7.31. The molecule has 0 unspecified atom stereocenters. The van der Waals surface area contributed by atoms with Crippen LogP contribution in [0.4, 0.5) is 0 Å². The molecule has 0 bridgehead atoms. The van der Waals surface area contributed by atoms with Crippen LogP contribution >= 0.6 is 10.7 Å². The smallest absolute Gasteiger partial charge is 0.280 e. The van der Waals surface area contributed by atoms with E-state index in [4.69, 9.17) is 10.7 Å². The zero-order chi connectivity index (χ0) is 15.6. The number of aromatic nitrogens is 4. The van der Waals surface area contributed by atoms with E-state index in [2.05, 4.69) is 17.0 Å². The van der Waals surface area contributed by atoms with Gasteiger partial charge in [0.05, 0.1) is 17.9 Å². The molecular weight excluding hydrogens is 312 g/mol. The lowest BCUT2D eigenvalue weighted by Crippen LogP contribution is -2.09. The molecule has 6 nitrogen and oxygen atoms in total. The van der Waals surface area contributed by atoms with E-state index < -0.39 is 9.05 Å². The topological polar surface area (TPSA) is 69.8 Å². The average Bonchev–Trinajstić information content (AvgIpc) is 3.02. The first-order chi connectivity index (χ1) is 9.88. The summed E-state index contributed by atoms with van der Waals surface area (Å²) in [5, 5.41) is 4.40. The Morgan fingerprint density at radius 3 is 2.48 bits per heavy atom. The van der Waals surface area contributed by atoms with E-state index in [9.17, 15) is 8.42 Å². The minimum Gasteiger partial charge on any atom is -0.328 e. The third-order valence-electron chi connectivity index (χ3n) is 3.31. The molecule has 0 N–H and O–H groups in total. The van der Waals surface area contributed by atoms with Crippen LogP contribution in [-0.4, -0.2) is 27.7 Å². The summed E-state index contributed by atoms with van der Waals surface area (Å²) in [7, 11) is 1.56. The molecule has 8 heteroatoms. The van der Waals surface area contributed by atoms with Crippen molar-refractivity contribution in [2.75, 3.05) is 0 Å². The summed E-state index contributed by atoms with van der Waals surface area (Å²) >= 11 is 0. The highest BCUT2D eigenvalue weighted by molar-refractivity contribution is 8.13. The van der Waals surface area contributed by atoms with Gasteiger partial charge in [0, 0.05) is 29.8 Å². The van der Waals surface area contributed by atoms with Crippen molar-refractivity contribution in [1.29, 1.82) is 0 Å². The van der Waals surface area contributed by atoms with Crippen molar-refractivity contribution in [3.05, 3.63) is 29.5 Å². The van der Waals surface area contributed by atoms with Gasteiger partial charge in [-0.1, -0.05) is 13.8 Å². The second-order valence-electron chi connectivity index (χ2n) is 4.71. The van der Waals surface area contributed by atoms with Crippen LogP contribution in [0, 0.1) is 0 Å². The molecule has 0 atom stereocenters. The largest absolute Gasteiger partial charge is 0.328 e. The normalized spacial score (nSPS) is 12.0. The van der Waals surface area contributed by atoms with Gasteiger partial charge in [-0.15, -0.1) is 0 Å². The van der Waals surface area contributed by atoms with Crippen molar-refractivity contribution < 1.29 is 8.42 Å². The molecule has 0 radical (unpaired) electrons. The fourth-order valence-electron chi connectivity index (χ4n) is 2.23. The Morgan fingerprint density at radius 2 is 1.95 bits per heavy atom. The van der Waals surface area contributed by atoms with Crippen molar-refractivity contribution in [3.63, 3.8) is 0 Å². The number of hydrogen-bond acceptors (Lipinski definition) is 4. The van der Waals surface area contributed by atoms with Crippen LogP contribution < -0.4 is 0 Å². The van der Waals surface area contributed by atoms with Crippen LogP contribution in [0.15, 0.2) is 17.3 Å². The van der Waals surface area contributed by atoms with E-state index >= 15 is 0 Å². The molecule has 0 aromatic carbocycles. The molecule has 0 saturated carbocycles. The lowest BCUT2D eigenvalue weighted by Gasteiger charge is -2.07. The zero-order valence-electron chi connectivity index (χ0n) is 12.4. The minimum atomic E-state index is -3.80. The van der Waals surface area contributed by atoms with Gasteiger partial charge in [-0.25, -0.2) is 13.4 Å². The van der Waals surface area contributed by atoms with E-state index in [0.717, 1.165) is 24.4 Å². The highest BCUT2D eigenvalue weighted by Crippen LogP contribution is 2.17. The first kappa shape index (κ1) is 16.0. The molecule has 116 valence electrons. The Kier molecular flexibility index (Phi) is 4.73. The second kappa shape index (κ2) is 6.19. The van der Waals surface area contributed by atoms with Crippen molar-refractivity contribution in [2.45, 2.75) is 51.7 Å². The molecule has 2 rings (SSSR count). The summed E-state index contributed by atoms with van der Waals surface area (Å²) in [5.41, 5.74) is 2.05. The number of imidazole rings is 1. The predicted octanol–water partition coefficient (Wildman–Crippen LogP) is 2.20. The highest BCUT2D eigenvalue weighted by Gasteiger charge is 2.18. The number of halogens is 1. The Morgan fingerprint density at radius 1 is 1.24 bits per heavy atom. The van der Waals surface area contributed by atoms with Gasteiger partial charge in [0.2, 0.25) is 0 Å². The molecular formula is C13H19ClN4O2S. The van der Waals surface area contributed by atoms with Crippen molar-refractivity contribution >= 4 is 19.7 Å². The van der Waals surface area contributed by atoms with E-state index in [-0.39, 0.29) is 5.03 Å². The van der Waals surface area contributed by atoms with Crippen LogP contribution in [0.1, 0.15) is 38.0 Å².